The van der Waals surface area contributed by atoms with Crippen molar-refractivity contribution in [1.82, 2.24) is 0 Å². The van der Waals surface area contributed by atoms with Gasteiger partial charge >= 0.3 is 0 Å². The standard InChI is InChI=1S/BH3.3H3P/h4*1H3. The Morgan fingerprint density at radius 2 is 0.500 bits per heavy atom. The molecule has 0 radical (unpaired) electrons. The van der Waals surface area contributed by atoms with Crippen LogP contribution in [0.2, 0.25) is 0 Å². The predicted octanol–water partition coefficient (Wildman–Crippen LogP) is -1.01. The monoisotopic (exact) mass is 116 g/mol. The average molecular weight is 116 g/mol. The molecule has 4 heteroatoms. The summed E-state index contributed by atoms with van der Waals surface area (Å²) in [4.78, 5) is 0. The first kappa shape index (κ1) is 55.3. The molecule has 0 amide bonds. The van der Waals surface area contributed by atoms with E-state index in [1.165, 1.54) is 0 Å². The molecule has 0 aromatic rings. The molecule has 0 saturated carbocycles. The fourth-order valence-corrected chi connectivity index (χ4v) is 0. The van der Waals surface area contributed by atoms with Crippen molar-refractivity contribution >= 4 is 38.1 Å². The highest BCUT2D eigenvalue weighted by Crippen LogP contribution is 0.863. The quantitative estimate of drug-likeness (QED) is 0.281. The number of hydrogen-bond acceptors (Lipinski definition) is 0. The van der Waals surface area contributed by atoms with Gasteiger partial charge in [0, 0.05) is 0 Å². The molecule has 0 aromatic carbocycles. The zero-order valence-corrected chi connectivity index (χ0v) is 6.36. The molecule has 0 rings (SSSR count). The van der Waals surface area contributed by atoms with Crippen molar-refractivity contribution in [2.24, 2.45) is 0 Å². The van der Waals surface area contributed by atoms with Crippen LogP contribution in [-0.2, 0) is 0 Å². The Kier molecular flexibility index (Phi) is 369. The Morgan fingerprint density at radius 3 is 0.500 bits per heavy atom. The Balaban J connectivity index is 0. The van der Waals surface area contributed by atoms with Crippen molar-refractivity contribution in [3.05, 3.63) is 0 Å². The lowest BCUT2D eigenvalue weighted by molar-refractivity contribution is 5.75. The van der Waals surface area contributed by atoms with E-state index in [0.717, 1.165) is 0 Å². The van der Waals surface area contributed by atoms with Crippen LogP contribution in [0.3, 0.4) is 0 Å². The van der Waals surface area contributed by atoms with E-state index in [1.807, 2.05) is 0 Å². The maximum Gasteiger partial charge on any atom is 0.0814 e. The van der Waals surface area contributed by atoms with Crippen molar-refractivity contribution in [1.29, 1.82) is 0 Å². The average Bonchev–Trinajstić information content (AvgIpc) is 0. The van der Waals surface area contributed by atoms with E-state index in [-0.39, 0.29) is 38.1 Å². The van der Waals surface area contributed by atoms with E-state index in [2.05, 4.69) is 0 Å². The summed E-state index contributed by atoms with van der Waals surface area (Å²) in [6, 6.07) is 0. The van der Waals surface area contributed by atoms with Crippen molar-refractivity contribution in [3.63, 3.8) is 0 Å². The van der Waals surface area contributed by atoms with Gasteiger partial charge in [-0.3, -0.25) is 0 Å². The molecule has 0 aromatic heterocycles. The third kappa shape index (κ3) is 10.1. The SMILES string of the molecule is B.P.P.P. The first-order valence-electron chi connectivity index (χ1n) is 0. The van der Waals surface area contributed by atoms with Gasteiger partial charge in [-0.25, -0.2) is 0 Å². The Hall–Kier alpha value is 1.35. The first-order valence-corrected chi connectivity index (χ1v) is 0. The van der Waals surface area contributed by atoms with Gasteiger partial charge in [0.1, 0.15) is 0 Å². The van der Waals surface area contributed by atoms with Crippen LogP contribution in [0.25, 0.3) is 0 Å². The summed E-state index contributed by atoms with van der Waals surface area (Å²) < 4.78 is 0. The Morgan fingerprint density at radius 1 is 0.500 bits per heavy atom. The lowest BCUT2D eigenvalue weighted by atomic mass is 10.8. The molecule has 3 unspecified atom stereocenters. The summed E-state index contributed by atoms with van der Waals surface area (Å²) >= 11 is 0. The van der Waals surface area contributed by atoms with Crippen molar-refractivity contribution in [2.45, 2.75) is 0 Å². The zero-order valence-electron chi connectivity index (χ0n) is 2.12. The third-order valence-electron chi connectivity index (χ3n) is 0. The van der Waals surface area contributed by atoms with Gasteiger partial charge in [0.05, 0.1) is 8.41 Å². The molecule has 0 aliphatic carbocycles. The second kappa shape index (κ2) is 26.7. The second-order valence-corrected chi connectivity index (χ2v) is 0. The number of rotatable bonds is 0. The molecule has 0 nitrogen and oxygen atoms in total. The molecule has 0 saturated heterocycles. The minimum Gasteiger partial charge on any atom is -0.153 e. The minimum atomic E-state index is 0. The Labute approximate surface area is 38.9 Å². The summed E-state index contributed by atoms with van der Waals surface area (Å²) in [5.41, 5.74) is 0. The summed E-state index contributed by atoms with van der Waals surface area (Å²) in [7, 11) is 0. The second-order valence-electron chi connectivity index (χ2n) is 0. The summed E-state index contributed by atoms with van der Waals surface area (Å²) in [6.45, 7) is 0. The van der Waals surface area contributed by atoms with Crippen LogP contribution in [0.15, 0.2) is 0 Å². The summed E-state index contributed by atoms with van der Waals surface area (Å²) in [5, 5.41) is 0. The van der Waals surface area contributed by atoms with Crippen LogP contribution in [0.1, 0.15) is 0 Å². The van der Waals surface area contributed by atoms with Gasteiger partial charge in [-0.1, -0.05) is 0 Å². The predicted molar refractivity (Wildman–Crippen MR) is 43.3 cm³/mol. The van der Waals surface area contributed by atoms with Gasteiger partial charge in [0.15, 0.2) is 0 Å². The fourth-order valence-electron chi connectivity index (χ4n) is 0. The van der Waals surface area contributed by atoms with E-state index in [4.69, 9.17) is 0 Å². The van der Waals surface area contributed by atoms with Gasteiger partial charge in [-0.2, -0.15) is 29.7 Å². The lowest BCUT2D eigenvalue weighted by Crippen LogP contribution is -0.381. The van der Waals surface area contributed by atoms with E-state index in [1.54, 1.807) is 0 Å². The van der Waals surface area contributed by atoms with Crippen LogP contribution >= 0.6 is 29.7 Å². The third-order valence-corrected chi connectivity index (χ3v) is 0. The van der Waals surface area contributed by atoms with Gasteiger partial charge < -0.3 is 0 Å². The molecule has 4 heavy (non-hydrogen) atoms. The van der Waals surface area contributed by atoms with E-state index >= 15 is 0 Å². The molecule has 0 aliphatic rings. The van der Waals surface area contributed by atoms with Crippen LogP contribution < -0.4 is 0 Å². The van der Waals surface area contributed by atoms with Gasteiger partial charge in [0.25, 0.3) is 0 Å². The Bertz CT molecular complexity index is 3.25. The van der Waals surface area contributed by atoms with Crippen molar-refractivity contribution < 1.29 is 0 Å². The molecular formula is H12BP3. The van der Waals surface area contributed by atoms with Crippen LogP contribution in [0.4, 0.5) is 0 Å². The van der Waals surface area contributed by atoms with Crippen molar-refractivity contribution in [2.75, 3.05) is 0 Å². The van der Waals surface area contributed by atoms with Gasteiger partial charge in [-0.15, -0.1) is 0 Å². The molecule has 0 fully saturated rings. The topological polar surface area (TPSA) is 0 Å². The highest BCUT2D eigenvalue weighted by atomic mass is 31.0. The molecule has 0 aliphatic heterocycles. The van der Waals surface area contributed by atoms with Crippen LogP contribution in [0.5, 0.6) is 0 Å². The van der Waals surface area contributed by atoms with Gasteiger partial charge in [0.2, 0.25) is 0 Å². The maximum atomic E-state index is 0. The molecule has 0 spiro atoms. The zero-order chi connectivity index (χ0) is 0. The molecule has 0 N–H and O–H groups in total. The minimum absolute atomic E-state index is 0. The summed E-state index contributed by atoms with van der Waals surface area (Å²) in [6.07, 6.45) is 0. The van der Waals surface area contributed by atoms with Crippen molar-refractivity contribution in [3.8, 4) is 0 Å². The van der Waals surface area contributed by atoms with E-state index < -0.39 is 0 Å². The normalized spacial score (nSPS) is 0. The van der Waals surface area contributed by atoms with Crippen LogP contribution in [0, 0.1) is 0 Å². The lowest BCUT2D eigenvalue weighted by Gasteiger charge is -0.154. The largest absolute Gasteiger partial charge is 0.153 e. The summed E-state index contributed by atoms with van der Waals surface area (Å²) in [5.74, 6) is 0. The maximum absolute atomic E-state index is 0. The van der Waals surface area contributed by atoms with E-state index in [9.17, 15) is 0 Å². The van der Waals surface area contributed by atoms with Gasteiger partial charge in [-0.05, 0) is 0 Å². The number of hydrogen-bond donors (Lipinski definition) is 0. The fraction of sp³-hybridized carbons (Fsp3) is 0. The van der Waals surface area contributed by atoms with E-state index in [0.29, 0.717) is 0 Å². The molecule has 0 bridgehead atoms. The highest BCUT2D eigenvalue weighted by molar-refractivity contribution is 6.92. The first-order chi connectivity index (χ1) is 0. The molecule has 3 atom stereocenters. The smallest absolute Gasteiger partial charge is 0.0814 e. The molecular weight excluding hydrogens is 104 g/mol. The van der Waals surface area contributed by atoms with Crippen LogP contribution in [-0.4, -0.2) is 8.41 Å². The highest BCUT2D eigenvalue weighted by Gasteiger charge is 0.0814. The molecule has 30 valence electrons. The molecule has 0 heterocycles.